The SMILES string of the molecule is CC(C)c1nc2c(c(C3C=CCC3)c1[C@H](O)c1ccc(C(F)(F)F)cc1)C(O[Si](C)(C)C(C)(C)C)CC(C)(C)C2. The number of aromatic nitrogens is 1. The highest BCUT2D eigenvalue weighted by atomic mass is 28.4. The number of alkyl halides is 3. The highest BCUT2D eigenvalue weighted by Crippen LogP contribution is 2.52. The summed E-state index contributed by atoms with van der Waals surface area (Å²) >= 11 is 0. The van der Waals surface area contributed by atoms with Gasteiger partial charge >= 0.3 is 6.18 Å². The van der Waals surface area contributed by atoms with Crippen molar-refractivity contribution >= 4 is 8.32 Å². The molecule has 0 saturated heterocycles. The van der Waals surface area contributed by atoms with Crippen LogP contribution in [-0.4, -0.2) is 18.4 Å². The van der Waals surface area contributed by atoms with Crippen molar-refractivity contribution in [2.45, 2.75) is 123 Å². The van der Waals surface area contributed by atoms with Crippen LogP contribution in [0.25, 0.3) is 0 Å². The fourth-order valence-electron chi connectivity index (χ4n) is 5.98. The first-order chi connectivity index (χ1) is 18.3. The molecule has 7 heteroatoms. The minimum absolute atomic E-state index is 0.00236. The predicted molar refractivity (Wildman–Crippen MR) is 158 cm³/mol. The minimum atomic E-state index is -4.43. The smallest absolute Gasteiger partial charge is 0.410 e. The van der Waals surface area contributed by atoms with E-state index in [1.165, 1.54) is 12.1 Å². The van der Waals surface area contributed by atoms with Crippen LogP contribution in [0.2, 0.25) is 18.1 Å². The standard InChI is InChI=1S/C33H46F3NO2Si/c1-20(2)29-28(30(38)22-14-16-23(17-15-22)33(34,35)36)26(21-12-10-11-13-21)27-24(37-29)18-32(6,7)19-25(27)39-40(8,9)31(3,4)5/h10,12,14-17,20-21,25,30,38H,11,13,18-19H2,1-9H3/t21?,25?,30-/m1/s1. The molecule has 3 atom stereocenters. The van der Waals surface area contributed by atoms with Crippen LogP contribution in [0.3, 0.4) is 0 Å². The number of pyridine rings is 1. The molecule has 2 aliphatic rings. The van der Waals surface area contributed by atoms with Gasteiger partial charge in [-0.3, -0.25) is 4.98 Å². The van der Waals surface area contributed by atoms with Crippen LogP contribution in [0, 0.1) is 5.41 Å². The molecule has 2 aliphatic carbocycles. The van der Waals surface area contributed by atoms with Crippen molar-refractivity contribution in [3.05, 3.63) is 75.6 Å². The third-order valence-electron chi connectivity index (χ3n) is 9.13. The number of rotatable bonds is 6. The maximum Gasteiger partial charge on any atom is 0.416 e. The number of aliphatic hydroxyl groups is 1. The second kappa shape index (κ2) is 10.7. The van der Waals surface area contributed by atoms with Gasteiger partial charge in [-0.05, 0) is 78.4 Å². The highest BCUT2D eigenvalue weighted by Gasteiger charge is 2.45. The van der Waals surface area contributed by atoms with Gasteiger partial charge in [0.2, 0.25) is 0 Å². The number of hydrogen-bond acceptors (Lipinski definition) is 3. The van der Waals surface area contributed by atoms with Gasteiger partial charge in [-0.15, -0.1) is 0 Å². The molecule has 0 saturated carbocycles. The maximum atomic E-state index is 13.3. The first kappa shape index (κ1) is 31.0. The fourth-order valence-corrected chi connectivity index (χ4v) is 7.25. The molecule has 2 unspecified atom stereocenters. The van der Waals surface area contributed by atoms with Gasteiger partial charge < -0.3 is 9.53 Å². The Bertz CT molecular complexity index is 1260. The summed E-state index contributed by atoms with van der Waals surface area (Å²) in [6.07, 6.45) is 2.30. The summed E-state index contributed by atoms with van der Waals surface area (Å²) in [7, 11) is -2.17. The first-order valence-electron chi connectivity index (χ1n) is 14.6. The van der Waals surface area contributed by atoms with Crippen LogP contribution in [0.5, 0.6) is 0 Å². The summed E-state index contributed by atoms with van der Waals surface area (Å²) in [6.45, 7) is 20.0. The number of nitrogens with zero attached hydrogens (tertiary/aromatic N) is 1. The predicted octanol–water partition coefficient (Wildman–Crippen LogP) is 9.77. The van der Waals surface area contributed by atoms with Crippen molar-refractivity contribution in [1.29, 1.82) is 0 Å². The number of allylic oxidation sites excluding steroid dienone is 2. The number of benzene rings is 1. The van der Waals surface area contributed by atoms with Gasteiger partial charge in [-0.25, -0.2) is 0 Å². The van der Waals surface area contributed by atoms with Crippen LogP contribution >= 0.6 is 0 Å². The molecule has 1 aromatic carbocycles. The van der Waals surface area contributed by atoms with Gasteiger partial charge in [0.15, 0.2) is 8.32 Å². The number of hydrogen-bond donors (Lipinski definition) is 1. The van der Waals surface area contributed by atoms with E-state index in [9.17, 15) is 18.3 Å². The molecule has 1 N–H and O–H groups in total. The molecule has 3 nitrogen and oxygen atoms in total. The Morgan fingerprint density at radius 3 is 2.17 bits per heavy atom. The van der Waals surface area contributed by atoms with Crippen LogP contribution in [-0.2, 0) is 17.0 Å². The van der Waals surface area contributed by atoms with Crippen molar-refractivity contribution < 1.29 is 22.7 Å². The molecule has 4 rings (SSSR count). The zero-order valence-electron chi connectivity index (χ0n) is 25.5. The third kappa shape index (κ3) is 6.12. The van der Waals surface area contributed by atoms with Crippen molar-refractivity contribution in [2.75, 3.05) is 0 Å². The molecule has 40 heavy (non-hydrogen) atoms. The number of fused-ring (bicyclic) bond motifs is 1. The van der Waals surface area contributed by atoms with Crippen LogP contribution < -0.4 is 0 Å². The Labute approximate surface area is 239 Å². The number of halogens is 3. The average Bonchev–Trinajstić information content (AvgIpc) is 3.35. The lowest BCUT2D eigenvalue weighted by atomic mass is 9.70. The Hall–Kier alpha value is -1.96. The van der Waals surface area contributed by atoms with Crippen molar-refractivity contribution in [2.24, 2.45) is 5.41 Å². The quantitative estimate of drug-likeness (QED) is 0.276. The van der Waals surface area contributed by atoms with E-state index in [0.29, 0.717) is 5.56 Å². The van der Waals surface area contributed by atoms with E-state index in [0.717, 1.165) is 65.9 Å². The van der Waals surface area contributed by atoms with E-state index in [4.69, 9.17) is 9.41 Å². The van der Waals surface area contributed by atoms with Crippen molar-refractivity contribution in [3.8, 4) is 0 Å². The van der Waals surface area contributed by atoms with Gasteiger partial charge in [-0.2, -0.15) is 13.2 Å². The molecule has 0 aliphatic heterocycles. The van der Waals surface area contributed by atoms with Crippen LogP contribution in [0.4, 0.5) is 13.2 Å². The van der Waals surface area contributed by atoms with Gasteiger partial charge in [0, 0.05) is 28.4 Å². The Kier molecular flexibility index (Phi) is 8.29. The third-order valence-corrected chi connectivity index (χ3v) is 13.6. The van der Waals surface area contributed by atoms with Crippen molar-refractivity contribution in [3.63, 3.8) is 0 Å². The molecule has 1 aromatic heterocycles. The molecule has 0 fully saturated rings. The molecular weight excluding hydrogens is 527 g/mol. The normalized spacial score (nSPS) is 22.1. The topological polar surface area (TPSA) is 42.4 Å². The molecular formula is C33H46F3NO2Si. The largest absolute Gasteiger partial charge is 0.416 e. The maximum absolute atomic E-state index is 13.3. The summed E-state index contributed by atoms with van der Waals surface area (Å²) in [5.74, 6) is 0.124. The fraction of sp³-hybridized carbons (Fsp3) is 0.606. The van der Waals surface area contributed by atoms with E-state index >= 15 is 0 Å². The van der Waals surface area contributed by atoms with E-state index in [1.807, 2.05) is 0 Å². The lowest BCUT2D eigenvalue weighted by Crippen LogP contribution is -2.44. The summed E-state index contributed by atoms with van der Waals surface area (Å²) in [5, 5.41) is 12.0. The average molecular weight is 574 g/mol. The Morgan fingerprint density at radius 2 is 1.68 bits per heavy atom. The highest BCUT2D eigenvalue weighted by molar-refractivity contribution is 6.74. The lowest BCUT2D eigenvalue weighted by molar-refractivity contribution is -0.137. The summed E-state index contributed by atoms with van der Waals surface area (Å²) < 4.78 is 47.1. The zero-order chi connectivity index (χ0) is 29.8. The van der Waals surface area contributed by atoms with Gasteiger partial charge in [-0.1, -0.05) is 72.8 Å². The van der Waals surface area contributed by atoms with Crippen molar-refractivity contribution in [1.82, 2.24) is 4.98 Å². The molecule has 0 amide bonds. The van der Waals surface area contributed by atoms with E-state index < -0.39 is 26.2 Å². The summed E-state index contributed by atoms with van der Waals surface area (Å²) in [6, 6.07) is 4.91. The first-order valence-corrected chi connectivity index (χ1v) is 17.5. The van der Waals surface area contributed by atoms with Gasteiger partial charge in [0.1, 0.15) is 6.10 Å². The molecule has 220 valence electrons. The molecule has 0 spiro atoms. The monoisotopic (exact) mass is 573 g/mol. The second-order valence-electron chi connectivity index (χ2n) is 14.4. The van der Waals surface area contributed by atoms with Gasteiger partial charge in [0.25, 0.3) is 0 Å². The minimum Gasteiger partial charge on any atom is -0.410 e. The van der Waals surface area contributed by atoms with Gasteiger partial charge in [0.05, 0.1) is 11.7 Å². The molecule has 1 heterocycles. The van der Waals surface area contributed by atoms with Crippen LogP contribution in [0.1, 0.15) is 131 Å². The Morgan fingerprint density at radius 1 is 1.05 bits per heavy atom. The molecule has 0 radical (unpaired) electrons. The molecule has 2 aromatic rings. The summed E-state index contributed by atoms with van der Waals surface area (Å²) in [4.78, 5) is 5.26. The lowest BCUT2D eigenvalue weighted by Gasteiger charge is -2.45. The second-order valence-corrected chi connectivity index (χ2v) is 19.1. The Balaban J connectivity index is 1.98. The zero-order valence-corrected chi connectivity index (χ0v) is 26.5. The van der Waals surface area contributed by atoms with E-state index in [2.05, 4.69) is 73.7 Å². The summed E-state index contributed by atoms with van der Waals surface area (Å²) in [5.41, 5.74) is 4.51. The molecule has 0 bridgehead atoms. The van der Waals surface area contributed by atoms with Crippen LogP contribution in [0.15, 0.2) is 36.4 Å². The van der Waals surface area contributed by atoms with E-state index in [1.54, 1.807) is 0 Å². The van der Waals surface area contributed by atoms with E-state index in [-0.39, 0.29) is 28.4 Å². The number of aliphatic hydroxyl groups excluding tert-OH is 1.